The first kappa shape index (κ1) is 30.8. The van der Waals surface area contributed by atoms with Gasteiger partial charge in [-0.15, -0.1) is 0 Å². The molecule has 2 aromatic carbocycles. The first-order valence-electron chi connectivity index (χ1n) is 12.3. The molecule has 0 radical (unpaired) electrons. The van der Waals surface area contributed by atoms with Gasteiger partial charge in [0.15, 0.2) is 6.04 Å². The van der Waals surface area contributed by atoms with Gasteiger partial charge < -0.3 is 31.9 Å². The fourth-order valence-electron chi connectivity index (χ4n) is 3.72. The molecule has 5 atom stereocenters. The standard InChI is InChI=1S/C27H36N4O6S/c1-17(32)23(27(36)37)31-25(34)21(13-14-38-2)29-26(35)22(16-19-11-7-4-8-12-19)30-24(33)20(28)15-18-9-5-3-6-10-18/h3-12,17,20-23,32H,13-16,28H2,1-2H3,(H,29,35)(H,30,33)(H,31,34)(H,36,37). The van der Waals surface area contributed by atoms with Gasteiger partial charge in [0.25, 0.3) is 0 Å². The molecule has 0 spiro atoms. The monoisotopic (exact) mass is 544 g/mol. The molecule has 0 saturated carbocycles. The van der Waals surface area contributed by atoms with Crippen molar-refractivity contribution < 1.29 is 29.4 Å². The molecule has 0 aliphatic carbocycles. The third kappa shape index (κ3) is 10.2. The first-order valence-corrected chi connectivity index (χ1v) is 13.7. The number of hydrogen-bond donors (Lipinski definition) is 6. The quantitative estimate of drug-likeness (QED) is 0.188. The van der Waals surface area contributed by atoms with Gasteiger partial charge in [-0.25, -0.2) is 4.79 Å². The van der Waals surface area contributed by atoms with E-state index >= 15 is 0 Å². The van der Waals surface area contributed by atoms with E-state index in [1.54, 1.807) is 0 Å². The number of aliphatic hydroxyl groups is 1. The summed E-state index contributed by atoms with van der Waals surface area (Å²) in [5.74, 6) is -2.77. The highest BCUT2D eigenvalue weighted by atomic mass is 32.2. The minimum atomic E-state index is -1.54. The average molecular weight is 545 g/mol. The Morgan fingerprint density at radius 2 is 1.32 bits per heavy atom. The van der Waals surface area contributed by atoms with Crippen molar-refractivity contribution in [3.8, 4) is 0 Å². The van der Waals surface area contributed by atoms with Gasteiger partial charge in [0.05, 0.1) is 12.1 Å². The van der Waals surface area contributed by atoms with Crippen LogP contribution in [0.5, 0.6) is 0 Å². The van der Waals surface area contributed by atoms with Crippen LogP contribution in [0, 0.1) is 0 Å². The van der Waals surface area contributed by atoms with Gasteiger partial charge in [-0.2, -0.15) is 11.8 Å². The number of carbonyl (C=O) groups is 4. The summed E-state index contributed by atoms with van der Waals surface area (Å²) in [6.07, 6.45) is 1.13. The Kier molecular flexibility index (Phi) is 12.8. The molecule has 0 bridgehead atoms. The molecule has 0 fully saturated rings. The summed E-state index contributed by atoms with van der Waals surface area (Å²) in [6.45, 7) is 1.25. The molecule has 0 heterocycles. The number of benzene rings is 2. The smallest absolute Gasteiger partial charge is 0.328 e. The van der Waals surface area contributed by atoms with Gasteiger partial charge in [-0.05, 0) is 42.9 Å². The van der Waals surface area contributed by atoms with Gasteiger partial charge in [0.2, 0.25) is 17.7 Å². The molecule has 2 aromatic rings. The highest BCUT2D eigenvalue weighted by Gasteiger charge is 2.31. The molecule has 5 unspecified atom stereocenters. The molecule has 3 amide bonds. The van der Waals surface area contributed by atoms with Crippen LogP contribution in [0.4, 0.5) is 0 Å². The first-order chi connectivity index (χ1) is 18.1. The van der Waals surface area contributed by atoms with E-state index in [9.17, 15) is 29.4 Å². The molecule has 0 aliphatic rings. The molecule has 11 heteroatoms. The predicted molar refractivity (Wildman–Crippen MR) is 146 cm³/mol. The fourth-order valence-corrected chi connectivity index (χ4v) is 4.19. The van der Waals surface area contributed by atoms with Crippen molar-refractivity contribution in [2.24, 2.45) is 5.73 Å². The molecular weight excluding hydrogens is 508 g/mol. The summed E-state index contributed by atoms with van der Waals surface area (Å²) >= 11 is 1.45. The van der Waals surface area contributed by atoms with Crippen molar-refractivity contribution in [2.75, 3.05) is 12.0 Å². The van der Waals surface area contributed by atoms with Gasteiger partial charge >= 0.3 is 5.97 Å². The van der Waals surface area contributed by atoms with Crippen LogP contribution in [-0.2, 0) is 32.0 Å². The van der Waals surface area contributed by atoms with Crippen molar-refractivity contribution >= 4 is 35.5 Å². The predicted octanol–water partition coefficient (Wildman–Crippen LogP) is 0.472. The lowest BCUT2D eigenvalue weighted by atomic mass is 10.0. The number of rotatable bonds is 15. The Labute approximate surface area is 226 Å². The summed E-state index contributed by atoms with van der Waals surface area (Å²) in [4.78, 5) is 50.7. The van der Waals surface area contributed by atoms with Crippen molar-refractivity contribution in [1.82, 2.24) is 16.0 Å². The maximum absolute atomic E-state index is 13.4. The van der Waals surface area contributed by atoms with Crippen LogP contribution >= 0.6 is 11.8 Å². The number of carbonyl (C=O) groups excluding carboxylic acids is 3. The Hall–Kier alpha value is -3.41. The second-order valence-electron chi connectivity index (χ2n) is 8.95. The average Bonchev–Trinajstić information content (AvgIpc) is 2.89. The maximum Gasteiger partial charge on any atom is 0.328 e. The highest BCUT2D eigenvalue weighted by molar-refractivity contribution is 7.98. The summed E-state index contributed by atoms with van der Waals surface area (Å²) in [5.41, 5.74) is 7.79. The number of thioether (sulfide) groups is 1. The van der Waals surface area contributed by atoms with E-state index in [-0.39, 0.29) is 19.3 Å². The van der Waals surface area contributed by atoms with E-state index in [4.69, 9.17) is 5.73 Å². The maximum atomic E-state index is 13.4. The van der Waals surface area contributed by atoms with E-state index in [0.29, 0.717) is 5.75 Å². The number of carboxylic acids is 1. The van der Waals surface area contributed by atoms with E-state index in [2.05, 4.69) is 16.0 Å². The summed E-state index contributed by atoms with van der Waals surface area (Å²) in [6, 6.07) is 13.8. The Morgan fingerprint density at radius 3 is 1.82 bits per heavy atom. The van der Waals surface area contributed by atoms with E-state index in [1.807, 2.05) is 66.9 Å². The van der Waals surface area contributed by atoms with E-state index < -0.39 is 54.0 Å². The number of nitrogens with one attached hydrogen (secondary N) is 3. The molecule has 206 valence electrons. The lowest BCUT2D eigenvalue weighted by Gasteiger charge is -2.26. The van der Waals surface area contributed by atoms with Crippen molar-refractivity contribution in [3.05, 3.63) is 71.8 Å². The molecule has 0 aromatic heterocycles. The Bertz CT molecular complexity index is 1050. The highest BCUT2D eigenvalue weighted by Crippen LogP contribution is 2.08. The van der Waals surface area contributed by atoms with Gasteiger partial charge in [0, 0.05) is 6.42 Å². The number of hydrogen-bond acceptors (Lipinski definition) is 7. The van der Waals surface area contributed by atoms with Gasteiger partial charge in [-0.3, -0.25) is 14.4 Å². The molecule has 38 heavy (non-hydrogen) atoms. The number of aliphatic hydroxyl groups excluding tert-OH is 1. The van der Waals surface area contributed by atoms with Crippen LogP contribution in [0.3, 0.4) is 0 Å². The third-order valence-corrected chi connectivity index (χ3v) is 6.48. The van der Waals surface area contributed by atoms with Crippen LogP contribution in [0.25, 0.3) is 0 Å². The second kappa shape index (κ2) is 15.8. The second-order valence-corrected chi connectivity index (χ2v) is 9.94. The number of amides is 3. The van der Waals surface area contributed by atoms with Crippen LogP contribution in [0.15, 0.2) is 60.7 Å². The summed E-state index contributed by atoms with van der Waals surface area (Å²) in [5, 5.41) is 26.7. The van der Waals surface area contributed by atoms with Crippen molar-refractivity contribution in [3.63, 3.8) is 0 Å². The minimum Gasteiger partial charge on any atom is -0.480 e. The van der Waals surface area contributed by atoms with Crippen molar-refractivity contribution in [2.45, 2.75) is 56.5 Å². The molecule has 0 saturated heterocycles. The minimum absolute atomic E-state index is 0.152. The van der Waals surface area contributed by atoms with Crippen LogP contribution < -0.4 is 21.7 Å². The fraction of sp³-hybridized carbons (Fsp3) is 0.407. The van der Waals surface area contributed by atoms with E-state index in [1.165, 1.54) is 18.7 Å². The molecule has 0 aliphatic heterocycles. The molecular formula is C27H36N4O6S. The largest absolute Gasteiger partial charge is 0.480 e. The van der Waals surface area contributed by atoms with Crippen LogP contribution in [0.1, 0.15) is 24.5 Å². The zero-order chi connectivity index (χ0) is 28.1. The number of nitrogens with two attached hydrogens (primary N) is 1. The third-order valence-electron chi connectivity index (χ3n) is 5.84. The van der Waals surface area contributed by atoms with Crippen molar-refractivity contribution in [1.29, 1.82) is 0 Å². The van der Waals surface area contributed by atoms with Gasteiger partial charge in [-0.1, -0.05) is 60.7 Å². The van der Waals surface area contributed by atoms with Crippen LogP contribution in [-0.4, -0.2) is 76.2 Å². The summed E-state index contributed by atoms with van der Waals surface area (Å²) < 4.78 is 0. The molecule has 10 nitrogen and oxygen atoms in total. The zero-order valence-corrected chi connectivity index (χ0v) is 22.3. The SMILES string of the molecule is CSCCC(NC(=O)C(Cc1ccccc1)NC(=O)C(N)Cc1ccccc1)C(=O)NC(C(=O)O)C(C)O. The lowest BCUT2D eigenvalue weighted by molar-refractivity contribution is -0.145. The topological polar surface area (TPSA) is 171 Å². The Morgan fingerprint density at radius 1 is 0.816 bits per heavy atom. The number of aliphatic carboxylic acids is 1. The lowest BCUT2D eigenvalue weighted by Crippen LogP contribution is -2.58. The Balaban J connectivity index is 2.19. The van der Waals surface area contributed by atoms with Gasteiger partial charge in [0.1, 0.15) is 12.1 Å². The van der Waals surface area contributed by atoms with Crippen LogP contribution in [0.2, 0.25) is 0 Å². The molecule has 7 N–H and O–H groups in total. The molecule has 2 rings (SSSR count). The summed E-state index contributed by atoms with van der Waals surface area (Å²) in [7, 11) is 0. The normalized spacial score (nSPS) is 14.8. The van der Waals surface area contributed by atoms with E-state index in [0.717, 1.165) is 11.1 Å². The number of carboxylic acid groups (broad SMARTS) is 1. The zero-order valence-electron chi connectivity index (χ0n) is 21.5.